The molecule has 1 aliphatic rings. The molecular weight excluding hydrogens is 270 g/mol. The molecule has 1 heterocycles. The van der Waals surface area contributed by atoms with E-state index in [4.69, 9.17) is 4.52 Å². The van der Waals surface area contributed by atoms with E-state index in [-0.39, 0.29) is 0 Å². The first-order valence-electron chi connectivity index (χ1n) is 7.12. The maximum absolute atomic E-state index is 5.26. The zero-order valence-corrected chi connectivity index (χ0v) is 12.2. The fraction of sp³-hybridized carbons (Fsp3) is 0.467. The summed E-state index contributed by atoms with van der Waals surface area (Å²) in [5, 5.41) is 8.10. The molecule has 20 heavy (non-hydrogen) atoms. The zero-order chi connectivity index (χ0) is 13.6. The van der Waals surface area contributed by atoms with Gasteiger partial charge in [-0.25, -0.2) is 0 Å². The molecule has 0 radical (unpaired) electrons. The Bertz CT molecular complexity index is 523. The zero-order valence-electron chi connectivity index (χ0n) is 11.4. The summed E-state index contributed by atoms with van der Waals surface area (Å²) in [6.45, 7) is 0.575. The van der Waals surface area contributed by atoms with Crippen LogP contribution in [0.1, 0.15) is 37.4 Å². The van der Waals surface area contributed by atoms with Crippen molar-refractivity contribution in [3.63, 3.8) is 0 Å². The van der Waals surface area contributed by atoms with Crippen LogP contribution >= 0.6 is 11.8 Å². The van der Waals surface area contributed by atoms with Gasteiger partial charge in [0.2, 0.25) is 5.89 Å². The monoisotopic (exact) mass is 289 g/mol. The molecule has 1 aromatic heterocycles. The van der Waals surface area contributed by atoms with Gasteiger partial charge in [-0.2, -0.15) is 16.7 Å². The number of benzene rings is 1. The van der Waals surface area contributed by atoms with Gasteiger partial charge in [-0.15, -0.1) is 0 Å². The first kappa shape index (κ1) is 13.5. The lowest BCUT2D eigenvalue weighted by atomic mass is 10.3. The third-order valence-corrected chi connectivity index (χ3v) is 4.85. The van der Waals surface area contributed by atoms with Gasteiger partial charge in [0, 0.05) is 10.9 Å². The fourth-order valence-electron chi connectivity index (χ4n) is 2.40. The van der Waals surface area contributed by atoms with Gasteiger partial charge in [0.25, 0.3) is 0 Å². The Labute approximate surface area is 123 Å². The molecular formula is C15H19N3OS. The molecule has 0 unspecified atom stereocenters. The molecule has 1 fully saturated rings. The Morgan fingerprint density at radius 3 is 2.80 bits per heavy atom. The van der Waals surface area contributed by atoms with E-state index in [1.54, 1.807) is 0 Å². The Kier molecular flexibility index (Phi) is 4.58. The van der Waals surface area contributed by atoms with E-state index in [0.29, 0.717) is 12.4 Å². The van der Waals surface area contributed by atoms with Gasteiger partial charge in [0.05, 0.1) is 12.3 Å². The topological polar surface area (TPSA) is 51.0 Å². The van der Waals surface area contributed by atoms with Crippen molar-refractivity contribution in [3.8, 4) is 0 Å². The van der Waals surface area contributed by atoms with Gasteiger partial charge < -0.3 is 9.84 Å². The summed E-state index contributed by atoms with van der Waals surface area (Å²) in [6, 6.07) is 10.0. The summed E-state index contributed by atoms with van der Waals surface area (Å²) in [5.74, 6) is 2.32. The van der Waals surface area contributed by atoms with Crippen molar-refractivity contribution in [1.29, 1.82) is 0 Å². The fourth-order valence-corrected chi connectivity index (χ4v) is 3.57. The largest absolute Gasteiger partial charge is 0.376 e. The predicted octanol–water partition coefficient (Wildman–Crippen LogP) is 3.86. The van der Waals surface area contributed by atoms with Crippen molar-refractivity contribution < 1.29 is 4.52 Å². The molecule has 0 aliphatic heterocycles. The maximum atomic E-state index is 5.26. The SMILES string of the molecule is c1ccc(NCc2nc(CSC3CCCC3)no2)cc1. The van der Waals surface area contributed by atoms with Crippen LogP contribution in [0.15, 0.2) is 34.9 Å². The molecule has 1 aromatic carbocycles. The molecule has 1 aliphatic carbocycles. The lowest BCUT2D eigenvalue weighted by Crippen LogP contribution is -2.00. The number of nitrogens with zero attached hydrogens (tertiary/aromatic N) is 2. The molecule has 0 saturated heterocycles. The van der Waals surface area contributed by atoms with Crippen LogP contribution in [0.25, 0.3) is 0 Å². The normalized spacial score (nSPS) is 15.6. The lowest BCUT2D eigenvalue weighted by molar-refractivity contribution is 0.379. The molecule has 0 amide bonds. The molecule has 5 heteroatoms. The number of hydrogen-bond acceptors (Lipinski definition) is 5. The van der Waals surface area contributed by atoms with E-state index in [1.807, 2.05) is 42.1 Å². The Morgan fingerprint density at radius 2 is 2.00 bits per heavy atom. The predicted molar refractivity (Wildman–Crippen MR) is 81.6 cm³/mol. The number of nitrogens with one attached hydrogen (secondary N) is 1. The minimum Gasteiger partial charge on any atom is -0.376 e. The highest BCUT2D eigenvalue weighted by Crippen LogP contribution is 2.30. The van der Waals surface area contributed by atoms with Crippen LogP contribution < -0.4 is 5.32 Å². The first-order chi connectivity index (χ1) is 9.90. The second-order valence-electron chi connectivity index (χ2n) is 5.04. The number of hydrogen-bond donors (Lipinski definition) is 1. The Morgan fingerprint density at radius 1 is 1.20 bits per heavy atom. The van der Waals surface area contributed by atoms with E-state index < -0.39 is 0 Å². The number of thioether (sulfide) groups is 1. The highest BCUT2D eigenvalue weighted by Gasteiger charge is 2.16. The second-order valence-corrected chi connectivity index (χ2v) is 6.33. The third kappa shape index (κ3) is 3.76. The van der Waals surface area contributed by atoms with Crippen molar-refractivity contribution in [2.24, 2.45) is 0 Å². The molecule has 0 bridgehead atoms. The number of anilines is 1. The van der Waals surface area contributed by atoms with E-state index >= 15 is 0 Å². The average molecular weight is 289 g/mol. The Hall–Kier alpha value is -1.49. The summed E-state index contributed by atoms with van der Waals surface area (Å²) >= 11 is 1.96. The molecule has 4 nitrogen and oxygen atoms in total. The number of rotatable bonds is 6. The van der Waals surface area contributed by atoms with Crippen molar-refractivity contribution >= 4 is 17.4 Å². The second kappa shape index (κ2) is 6.79. The van der Waals surface area contributed by atoms with Crippen LogP contribution in [0.2, 0.25) is 0 Å². The van der Waals surface area contributed by atoms with Gasteiger partial charge in [0.1, 0.15) is 0 Å². The van der Waals surface area contributed by atoms with Crippen LogP contribution in [-0.2, 0) is 12.3 Å². The van der Waals surface area contributed by atoms with Crippen molar-refractivity contribution in [1.82, 2.24) is 10.1 Å². The van der Waals surface area contributed by atoms with E-state index in [1.165, 1.54) is 25.7 Å². The number of para-hydroxylation sites is 1. The summed E-state index contributed by atoms with van der Waals surface area (Å²) in [7, 11) is 0. The van der Waals surface area contributed by atoms with Gasteiger partial charge >= 0.3 is 0 Å². The minimum atomic E-state index is 0.575. The van der Waals surface area contributed by atoms with E-state index in [2.05, 4.69) is 15.5 Å². The van der Waals surface area contributed by atoms with Crippen LogP contribution in [0.4, 0.5) is 5.69 Å². The van der Waals surface area contributed by atoms with Gasteiger partial charge in [0.15, 0.2) is 5.82 Å². The Balaban J connectivity index is 1.46. The summed E-state index contributed by atoms with van der Waals surface area (Å²) in [6.07, 6.45) is 5.42. The molecule has 1 saturated carbocycles. The standard InChI is InChI=1S/C15H19N3OS/c1-2-6-12(7-3-1)16-10-15-17-14(18-19-15)11-20-13-8-4-5-9-13/h1-3,6-7,13,16H,4-5,8-11H2. The molecule has 1 N–H and O–H groups in total. The first-order valence-corrected chi connectivity index (χ1v) is 8.17. The summed E-state index contributed by atoms with van der Waals surface area (Å²) < 4.78 is 5.26. The highest BCUT2D eigenvalue weighted by molar-refractivity contribution is 7.99. The molecule has 0 spiro atoms. The smallest absolute Gasteiger partial charge is 0.245 e. The quantitative estimate of drug-likeness (QED) is 0.875. The average Bonchev–Trinajstić information content (AvgIpc) is 3.16. The van der Waals surface area contributed by atoms with Crippen molar-refractivity contribution in [2.75, 3.05) is 5.32 Å². The summed E-state index contributed by atoms with van der Waals surface area (Å²) in [5.41, 5.74) is 1.06. The van der Waals surface area contributed by atoms with E-state index in [9.17, 15) is 0 Å². The van der Waals surface area contributed by atoms with Crippen LogP contribution in [0.5, 0.6) is 0 Å². The summed E-state index contributed by atoms with van der Waals surface area (Å²) in [4.78, 5) is 4.43. The lowest BCUT2D eigenvalue weighted by Gasteiger charge is -2.04. The van der Waals surface area contributed by atoms with Gasteiger partial charge in [-0.05, 0) is 25.0 Å². The van der Waals surface area contributed by atoms with Crippen LogP contribution in [0.3, 0.4) is 0 Å². The maximum Gasteiger partial charge on any atom is 0.245 e. The van der Waals surface area contributed by atoms with Gasteiger partial charge in [-0.3, -0.25) is 0 Å². The van der Waals surface area contributed by atoms with Crippen LogP contribution in [-0.4, -0.2) is 15.4 Å². The molecule has 106 valence electrons. The molecule has 3 rings (SSSR count). The van der Waals surface area contributed by atoms with Crippen molar-refractivity contribution in [2.45, 2.75) is 43.2 Å². The van der Waals surface area contributed by atoms with Crippen molar-refractivity contribution in [3.05, 3.63) is 42.0 Å². The highest BCUT2D eigenvalue weighted by atomic mass is 32.2. The van der Waals surface area contributed by atoms with E-state index in [0.717, 1.165) is 22.5 Å². The van der Waals surface area contributed by atoms with Crippen LogP contribution in [0, 0.1) is 0 Å². The minimum absolute atomic E-state index is 0.575. The third-order valence-electron chi connectivity index (χ3n) is 3.48. The molecule has 0 atom stereocenters. The number of aromatic nitrogens is 2. The molecule has 2 aromatic rings. The van der Waals surface area contributed by atoms with Gasteiger partial charge in [-0.1, -0.05) is 36.2 Å².